The van der Waals surface area contributed by atoms with Crippen LogP contribution in [0.5, 0.6) is 5.75 Å². The summed E-state index contributed by atoms with van der Waals surface area (Å²) in [6.07, 6.45) is 4.83. The van der Waals surface area contributed by atoms with Crippen molar-refractivity contribution in [3.8, 4) is 5.75 Å². The quantitative estimate of drug-likeness (QED) is 0.438. The predicted octanol–water partition coefficient (Wildman–Crippen LogP) is 2.41. The first-order valence-electron chi connectivity index (χ1n) is 11.4. The van der Waals surface area contributed by atoms with E-state index in [4.69, 9.17) is 10.5 Å². The molecule has 7 nitrogen and oxygen atoms in total. The summed E-state index contributed by atoms with van der Waals surface area (Å²) in [6, 6.07) is 20.1. The maximum atomic E-state index is 10.9. The van der Waals surface area contributed by atoms with Crippen molar-refractivity contribution in [2.75, 3.05) is 13.7 Å². The number of nitrogens with zero attached hydrogens (tertiary/aromatic N) is 2. The molecular formula is C25H33N5O2. The number of amides is 1. The first-order chi connectivity index (χ1) is 15.6. The highest BCUT2D eigenvalue weighted by molar-refractivity contribution is 5.80. The fourth-order valence-corrected chi connectivity index (χ4v) is 4.92. The minimum atomic E-state index is -0.484. The van der Waals surface area contributed by atoms with Crippen molar-refractivity contribution in [3.63, 3.8) is 0 Å². The molecule has 2 aromatic carbocycles. The lowest BCUT2D eigenvalue weighted by Crippen LogP contribution is -2.52. The van der Waals surface area contributed by atoms with Crippen molar-refractivity contribution in [1.82, 2.24) is 15.5 Å². The van der Waals surface area contributed by atoms with Crippen LogP contribution >= 0.6 is 0 Å². The smallest absolute Gasteiger partial charge is 0.255 e. The number of guanidine groups is 1. The number of hydrogen-bond acceptors (Lipinski definition) is 4. The number of primary amides is 1. The topological polar surface area (TPSA) is 92.0 Å². The van der Waals surface area contributed by atoms with E-state index in [0.29, 0.717) is 30.4 Å². The fraction of sp³-hybridized carbons (Fsp3) is 0.440. The standard InChI is InChI=1S/C25H33N5O2/c1-27-25(28-15-19-8-5-9-23(12-19)32-17-24(26)31)29-20-13-21-10-11-22(14-20)30(21)16-18-6-3-2-4-7-18/h2-9,12,20-22H,10-11,13-17H2,1H3,(H2,26,31)(H2,27,28,29). The van der Waals surface area contributed by atoms with Crippen LogP contribution in [-0.2, 0) is 17.9 Å². The second kappa shape index (κ2) is 10.5. The van der Waals surface area contributed by atoms with Gasteiger partial charge in [0.1, 0.15) is 5.75 Å². The van der Waals surface area contributed by atoms with Crippen molar-refractivity contribution in [1.29, 1.82) is 0 Å². The lowest BCUT2D eigenvalue weighted by molar-refractivity contribution is -0.119. The Kier molecular flexibility index (Phi) is 7.27. The normalized spacial score (nSPS) is 23.0. The average Bonchev–Trinajstić information content (AvgIpc) is 3.03. The molecule has 0 radical (unpaired) electrons. The molecule has 2 bridgehead atoms. The molecule has 1 amide bonds. The van der Waals surface area contributed by atoms with Gasteiger partial charge in [-0.15, -0.1) is 0 Å². The second-order valence-corrected chi connectivity index (χ2v) is 8.68. The van der Waals surface area contributed by atoms with E-state index in [1.54, 1.807) is 7.05 Å². The van der Waals surface area contributed by atoms with Crippen molar-refractivity contribution in [2.24, 2.45) is 10.7 Å². The Morgan fingerprint density at radius 3 is 2.50 bits per heavy atom. The van der Waals surface area contributed by atoms with Crippen molar-refractivity contribution in [3.05, 3.63) is 65.7 Å². The maximum absolute atomic E-state index is 10.9. The average molecular weight is 436 g/mol. The summed E-state index contributed by atoms with van der Waals surface area (Å²) in [4.78, 5) is 18.0. The molecule has 32 heavy (non-hydrogen) atoms. The summed E-state index contributed by atoms with van der Waals surface area (Å²) < 4.78 is 5.39. The summed E-state index contributed by atoms with van der Waals surface area (Å²) in [5.41, 5.74) is 7.60. The third-order valence-corrected chi connectivity index (χ3v) is 6.40. The Hall–Kier alpha value is -3.06. The Morgan fingerprint density at radius 2 is 1.81 bits per heavy atom. The molecule has 7 heteroatoms. The van der Waals surface area contributed by atoms with Crippen molar-refractivity contribution < 1.29 is 9.53 Å². The monoisotopic (exact) mass is 435 g/mol. The lowest BCUT2D eigenvalue weighted by atomic mass is 9.96. The SMILES string of the molecule is CN=C(NCc1cccc(OCC(N)=O)c1)NC1CC2CCC(C1)N2Cc1ccccc1. The summed E-state index contributed by atoms with van der Waals surface area (Å²) in [5, 5.41) is 7.04. The van der Waals surface area contributed by atoms with Crippen LogP contribution in [0.2, 0.25) is 0 Å². The number of carbonyl (C=O) groups is 1. The van der Waals surface area contributed by atoms with Gasteiger partial charge in [0.2, 0.25) is 0 Å². The molecule has 2 aromatic rings. The zero-order valence-corrected chi connectivity index (χ0v) is 18.7. The molecule has 4 N–H and O–H groups in total. The van der Waals surface area contributed by atoms with Crippen LogP contribution in [0, 0.1) is 0 Å². The molecule has 0 aliphatic carbocycles. The van der Waals surface area contributed by atoms with E-state index in [1.807, 2.05) is 24.3 Å². The number of carbonyl (C=O) groups excluding carboxylic acids is 1. The highest BCUT2D eigenvalue weighted by Crippen LogP contribution is 2.36. The van der Waals surface area contributed by atoms with E-state index in [9.17, 15) is 4.79 Å². The van der Waals surface area contributed by atoms with Gasteiger partial charge < -0.3 is 21.1 Å². The molecule has 170 valence electrons. The lowest BCUT2D eigenvalue weighted by Gasteiger charge is -2.39. The zero-order chi connectivity index (χ0) is 22.3. The van der Waals surface area contributed by atoms with E-state index >= 15 is 0 Å². The number of piperidine rings is 1. The van der Waals surface area contributed by atoms with E-state index in [2.05, 4.69) is 50.9 Å². The number of nitrogens with one attached hydrogen (secondary N) is 2. The predicted molar refractivity (Wildman–Crippen MR) is 126 cm³/mol. The van der Waals surface area contributed by atoms with Crippen LogP contribution in [0.4, 0.5) is 0 Å². The minimum absolute atomic E-state index is 0.120. The molecule has 2 aliphatic heterocycles. The molecule has 2 atom stereocenters. The van der Waals surface area contributed by atoms with E-state index in [1.165, 1.54) is 18.4 Å². The maximum Gasteiger partial charge on any atom is 0.255 e. The molecule has 2 heterocycles. The fourth-order valence-electron chi connectivity index (χ4n) is 4.92. The first-order valence-corrected chi connectivity index (χ1v) is 11.4. The second-order valence-electron chi connectivity index (χ2n) is 8.68. The molecule has 2 aliphatic rings. The molecular weight excluding hydrogens is 402 g/mol. The molecule has 0 saturated carbocycles. The molecule has 4 rings (SSSR count). The van der Waals surface area contributed by atoms with Crippen LogP contribution < -0.4 is 21.1 Å². The van der Waals surface area contributed by atoms with Gasteiger partial charge in [-0.05, 0) is 48.9 Å². The molecule has 2 saturated heterocycles. The van der Waals surface area contributed by atoms with Gasteiger partial charge in [-0.3, -0.25) is 14.7 Å². The first kappa shape index (κ1) is 22.1. The van der Waals surface area contributed by atoms with E-state index in [0.717, 1.165) is 30.9 Å². The van der Waals surface area contributed by atoms with Gasteiger partial charge in [0.25, 0.3) is 5.91 Å². The zero-order valence-electron chi connectivity index (χ0n) is 18.7. The van der Waals surface area contributed by atoms with E-state index < -0.39 is 5.91 Å². The van der Waals surface area contributed by atoms with Crippen LogP contribution in [0.3, 0.4) is 0 Å². The van der Waals surface area contributed by atoms with Gasteiger partial charge in [-0.1, -0.05) is 42.5 Å². The highest BCUT2D eigenvalue weighted by Gasteiger charge is 2.40. The number of ether oxygens (including phenoxy) is 1. The summed E-state index contributed by atoms with van der Waals surface area (Å²) in [6.45, 7) is 1.54. The van der Waals surface area contributed by atoms with Crippen LogP contribution in [0.1, 0.15) is 36.8 Å². The van der Waals surface area contributed by atoms with Gasteiger partial charge in [-0.25, -0.2) is 0 Å². The highest BCUT2D eigenvalue weighted by atomic mass is 16.5. The number of fused-ring (bicyclic) bond motifs is 2. The molecule has 0 spiro atoms. The minimum Gasteiger partial charge on any atom is -0.484 e. The van der Waals surface area contributed by atoms with Gasteiger partial charge in [-0.2, -0.15) is 0 Å². The van der Waals surface area contributed by atoms with Gasteiger partial charge in [0.05, 0.1) is 0 Å². The number of rotatable bonds is 8. The summed E-state index contributed by atoms with van der Waals surface area (Å²) in [5.74, 6) is 0.963. The number of benzene rings is 2. The summed E-state index contributed by atoms with van der Waals surface area (Å²) in [7, 11) is 1.81. The van der Waals surface area contributed by atoms with Gasteiger partial charge in [0, 0.05) is 38.3 Å². The van der Waals surface area contributed by atoms with Gasteiger partial charge in [0.15, 0.2) is 12.6 Å². The van der Waals surface area contributed by atoms with Crippen molar-refractivity contribution in [2.45, 2.75) is 56.9 Å². The molecule has 2 unspecified atom stereocenters. The Labute approximate surface area is 190 Å². The van der Waals surface area contributed by atoms with E-state index in [-0.39, 0.29) is 6.61 Å². The van der Waals surface area contributed by atoms with Gasteiger partial charge >= 0.3 is 0 Å². The van der Waals surface area contributed by atoms with Crippen LogP contribution in [0.25, 0.3) is 0 Å². The van der Waals surface area contributed by atoms with Crippen LogP contribution in [0.15, 0.2) is 59.6 Å². The number of hydrogen-bond donors (Lipinski definition) is 3. The Morgan fingerprint density at radius 1 is 1.09 bits per heavy atom. The number of aliphatic imine (C=N–C) groups is 1. The largest absolute Gasteiger partial charge is 0.484 e. The number of nitrogens with two attached hydrogens (primary N) is 1. The van der Waals surface area contributed by atoms with Crippen molar-refractivity contribution >= 4 is 11.9 Å². The Balaban J connectivity index is 1.28. The third kappa shape index (κ3) is 5.79. The van der Waals surface area contributed by atoms with Crippen LogP contribution in [-0.4, -0.2) is 48.5 Å². The Bertz CT molecular complexity index is 919. The molecule has 2 fully saturated rings. The molecule has 0 aromatic heterocycles. The summed E-state index contributed by atoms with van der Waals surface area (Å²) >= 11 is 0. The third-order valence-electron chi connectivity index (χ3n) is 6.40.